The van der Waals surface area contributed by atoms with Gasteiger partial charge in [0, 0.05) is 19.6 Å². The third kappa shape index (κ3) is 3.71. The highest BCUT2D eigenvalue weighted by molar-refractivity contribution is 5.20. The molecule has 0 spiro atoms. The van der Waals surface area contributed by atoms with Crippen LogP contribution in [-0.2, 0) is 11.3 Å². The molecule has 4 heteroatoms. The van der Waals surface area contributed by atoms with Crippen LogP contribution in [0.1, 0.15) is 17.2 Å². The van der Waals surface area contributed by atoms with E-state index in [1.54, 1.807) is 12.1 Å². The predicted octanol–water partition coefficient (Wildman–Crippen LogP) is 2.76. The Kier molecular flexibility index (Phi) is 4.83. The molecule has 3 rings (SSSR count). The fourth-order valence-electron chi connectivity index (χ4n) is 2.78. The van der Waals surface area contributed by atoms with Gasteiger partial charge < -0.3 is 9.84 Å². The third-order valence-corrected chi connectivity index (χ3v) is 3.99. The van der Waals surface area contributed by atoms with Crippen molar-refractivity contribution >= 4 is 0 Å². The summed E-state index contributed by atoms with van der Waals surface area (Å²) < 4.78 is 18.7. The number of ether oxygens (including phenoxy) is 1. The van der Waals surface area contributed by atoms with Crippen LogP contribution < -0.4 is 0 Å². The van der Waals surface area contributed by atoms with Gasteiger partial charge in [-0.1, -0.05) is 42.5 Å². The smallest absolute Gasteiger partial charge is 0.123 e. The Balaban J connectivity index is 1.63. The fraction of sp³-hybridized carbons (Fsp3) is 0.333. The molecule has 1 aliphatic heterocycles. The molecule has 0 radical (unpaired) electrons. The zero-order chi connectivity index (χ0) is 15.4. The second-order valence-corrected chi connectivity index (χ2v) is 5.63. The third-order valence-electron chi connectivity index (χ3n) is 3.99. The summed E-state index contributed by atoms with van der Waals surface area (Å²) in [4.78, 5) is 2.27. The molecule has 0 aliphatic carbocycles. The lowest BCUT2D eigenvalue weighted by Crippen LogP contribution is -2.44. The Morgan fingerprint density at radius 3 is 2.59 bits per heavy atom. The topological polar surface area (TPSA) is 32.7 Å². The molecule has 1 heterocycles. The van der Waals surface area contributed by atoms with Gasteiger partial charge in [0.15, 0.2) is 0 Å². The van der Waals surface area contributed by atoms with Crippen molar-refractivity contribution in [2.75, 3.05) is 19.7 Å². The number of nitrogens with zero attached hydrogens (tertiary/aromatic N) is 1. The van der Waals surface area contributed by atoms with Gasteiger partial charge in [-0.15, -0.1) is 0 Å². The first-order chi connectivity index (χ1) is 10.7. The van der Waals surface area contributed by atoms with Crippen molar-refractivity contribution in [1.29, 1.82) is 0 Å². The van der Waals surface area contributed by atoms with Gasteiger partial charge in [-0.2, -0.15) is 0 Å². The van der Waals surface area contributed by atoms with Gasteiger partial charge in [-0.3, -0.25) is 4.90 Å². The largest absolute Gasteiger partial charge is 0.386 e. The molecule has 2 atom stereocenters. The molecule has 2 aromatic rings. The lowest BCUT2D eigenvalue weighted by atomic mass is 10.0. The lowest BCUT2D eigenvalue weighted by Gasteiger charge is -2.35. The quantitative estimate of drug-likeness (QED) is 0.942. The van der Waals surface area contributed by atoms with E-state index >= 15 is 0 Å². The first-order valence-corrected chi connectivity index (χ1v) is 7.54. The van der Waals surface area contributed by atoms with Crippen LogP contribution in [0.15, 0.2) is 54.6 Å². The van der Waals surface area contributed by atoms with Gasteiger partial charge >= 0.3 is 0 Å². The second kappa shape index (κ2) is 7.01. The first kappa shape index (κ1) is 15.2. The molecule has 1 N–H and O–H groups in total. The minimum absolute atomic E-state index is 0.289. The fourth-order valence-corrected chi connectivity index (χ4v) is 2.78. The Morgan fingerprint density at radius 2 is 1.86 bits per heavy atom. The highest BCUT2D eigenvalue weighted by Crippen LogP contribution is 2.23. The number of hydrogen-bond donors (Lipinski definition) is 1. The molecule has 3 nitrogen and oxygen atoms in total. The van der Waals surface area contributed by atoms with E-state index in [2.05, 4.69) is 17.0 Å². The number of aliphatic hydroxyl groups is 1. The molecule has 22 heavy (non-hydrogen) atoms. The van der Waals surface area contributed by atoms with Crippen molar-refractivity contribution in [3.8, 4) is 0 Å². The summed E-state index contributed by atoms with van der Waals surface area (Å²) in [6.07, 6.45) is -1.03. The van der Waals surface area contributed by atoms with Gasteiger partial charge in [0.25, 0.3) is 0 Å². The van der Waals surface area contributed by atoms with Crippen LogP contribution >= 0.6 is 0 Å². The van der Waals surface area contributed by atoms with Crippen LogP contribution in [-0.4, -0.2) is 35.8 Å². The van der Waals surface area contributed by atoms with E-state index in [1.165, 1.54) is 17.7 Å². The average Bonchev–Trinajstić information content (AvgIpc) is 2.56. The van der Waals surface area contributed by atoms with E-state index in [4.69, 9.17) is 4.74 Å². The van der Waals surface area contributed by atoms with Crippen LogP contribution in [0.2, 0.25) is 0 Å². The van der Waals surface area contributed by atoms with Crippen LogP contribution in [0.4, 0.5) is 4.39 Å². The molecule has 0 saturated carbocycles. The first-order valence-electron chi connectivity index (χ1n) is 7.54. The standard InChI is InChI=1S/C18H20FNO2/c19-16-8-6-15(7-9-16)18(21)17-13-20(10-11-22-17)12-14-4-2-1-3-5-14/h1-9,17-18,21H,10-13H2/t17-,18?/m0/s1. The molecule has 0 bridgehead atoms. The molecule has 1 unspecified atom stereocenters. The SMILES string of the molecule is OC(c1ccc(F)cc1)[C@@H]1CN(Cc2ccccc2)CCO1. The molecule has 1 saturated heterocycles. The molecule has 0 amide bonds. The van der Waals surface area contributed by atoms with Gasteiger partial charge in [0.2, 0.25) is 0 Å². The van der Waals surface area contributed by atoms with Gasteiger partial charge in [-0.05, 0) is 23.3 Å². The zero-order valence-corrected chi connectivity index (χ0v) is 12.4. The average molecular weight is 301 g/mol. The van der Waals surface area contributed by atoms with E-state index in [1.807, 2.05) is 18.2 Å². The normalized spacial score (nSPS) is 20.7. The number of morpholine rings is 1. The van der Waals surface area contributed by atoms with Crippen molar-refractivity contribution in [1.82, 2.24) is 4.90 Å². The summed E-state index contributed by atoms with van der Waals surface area (Å²) >= 11 is 0. The summed E-state index contributed by atoms with van der Waals surface area (Å²) in [6, 6.07) is 16.2. The summed E-state index contributed by atoms with van der Waals surface area (Å²) in [5.74, 6) is -0.300. The summed E-state index contributed by atoms with van der Waals surface area (Å²) in [6.45, 7) is 2.95. The molecule has 116 valence electrons. The number of benzene rings is 2. The Hall–Kier alpha value is -1.75. The molecule has 0 aromatic heterocycles. The maximum atomic E-state index is 13.0. The van der Waals surface area contributed by atoms with Crippen molar-refractivity contribution in [2.24, 2.45) is 0 Å². The van der Waals surface area contributed by atoms with E-state index < -0.39 is 6.10 Å². The highest BCUT2D eigenvalue weighted by atomic mass is 19.1. The molecule has 2 aromatic carbocycles. The maximum Gasteiger partial charge on any atom is 0.123 e. The van der Waals surface area contributed by atoms with Crippen molar-refractivity contribution < 1.29 is 14.2 Å². The number of halogens is 1. The Morgan fingerprint density at radius 1 is 1.14 bits per heavy atom. The van der Waals surface area contributed by atoms with E-state index in [0.717, 1.165) is 13.1 Å². The van der Waals surface area contributed by atoms with Crippen molar-refractivity contribution in [3.05, 3.63) is 71.5 Å². The van der Waals surface area contributed by atoms with Crippen LogP contribution in [0.5, 0.6) is 0 Å². The second-order valence-electron chi connectivity index (χ2n) is 5.63. The van der Waals surface area contributed by atoms with Crippen LogP contribution in [0.3, 0.4) is 0 Å². The number of hydrogen-bond acceptors (Lipinski definition) is 3. The molecular weight excluding hydrogens is 281 g/mol. The van der Waals surface area contributed by atoms with Gasteiger partial charge in [0.1, 0.15) is 18.0 Å². The summed E-state index contributed by atoms with van der Waals surface area (Å²) in [7, 11) is 0. The van der Waals surface area contributed by atoms with Crippen LogP contribution in [0, 0.1) is 5.82 Å². The van der Waals surface area contributed by atoms with E-state index in [0.29, 0.717) is 18.7 Å². The molecule has 1 aliphatic rings. The van der Waals surface area contributed by atoms with Crippen molar-refractivity contribution in [2.45, 2.75) is 18.8 Å². The van der Waals surface area contributed by atoms with Gasteiger partial charge in [-0.25, -0.2) is 4.39 Å². The van der Waals surface area contributed by atoms with Crippen molar-refractivity contribution in [3.63, 3.8) is 0 Å². The molecular formula is C18H20FNO2. The highest BCUT2D eigenvalue weighted by Gasteiger charge is 2.27. The Bertz CT molecular complexity index is 588. The zero-order valence-electron chi connectivity index (χ0n) is 12.4. The Labute approximate surface area is 130 Å². The van der Waals surface area contributed by atoms with Gasteiger partial charge in [0.05, 0.1) is 6.61 Å². The van der Waals surface area contributed by atoms with E-state index in [9.17, 15) is 9.50 Å². The van der Waals surface area contributed by atoms with E-state index in [-0.39, 0.29) is 11.9 Å². The minimum atomic E-state index is -0.737. The lowest BCUT2D eigenvalue weighted by molar-refractivity contribution is -0.0919. The van der Waals surface area contributed by atoms with Crippen LogP contribution in [0.25, 0.3) is 0 Å². The maximum absolute atomic E-state index is 13.0. The minimum Gasteiger partial charge on any atom is -0.386 e. The summed E-state index contributed by atoms with van der Waals surface area (Å²) in [5.41, 5.74) is 1.94. The predicted molar refractivity (Wildman–Crippen MR) is 82.8 cm³/mol. The molecule has 1 fully saturated rings. The monoisotopic (exact) mass is 301 g/mol. The summed E-state index contributed by atoms with van der Waals surface area (Å²) in [5, 5.41) is 10.4. The number of aliphatic hydroxyl groups excluding tert-OH is 1. The number of rotatable bonds is 4.